The summed E-state index contributed by atoms with van der Waals surface area (Å²) in [4.78, 5) is 4.50. The highest BCUT2D eigenvalue weighted by Gasteiger charge is 2.27. The van der Waals surface area contributed by atoms with Crippen molar-refractivity contribution in [2.24, 2.45) is 0 Å². The van der Waals surface area contributed by atoms with Gasteiger partial charge in [0.05, 0.1) is 0 Å². The van der Waals surface area contributed by atoms with E-state index in [2.05, 4.69) is 74.0 Å². The highest BCUT2D eigenvalue weighted by molar-refractivity contribution is 5.48. The van der Waals surface area contributed by atoms with E-state index in [1.54, 1.807) is 0 Å². The first kappa shape index (κ1) is 17.4. The zero-order chi connectivity index (χ0) is 18.3. The Morgan fingerprint density at radius 2 is 1.46 bits per heavy atom. The van der Waals surface area contributed by atoms with E-state index in [1.165, 1.54) is 22.3 Å². The zero-order valence-electron chi connectivity index (χ0n) is 16.2. The van der Waals surface area contributed by atoms with Crippen molar-refractivity contribution in [2.75, 3.05) is 27.1 Å². The lowest BCUT2D eigenvalue weighted by atomic mass is 9.77. The number of fused-ring (bicyclic) bond motifs is 2. The van der Waals surface area contributed by atoms with Gasteiger partial charge in [0.25, 0.3) is 0 Å². The summed E-state index contributed by atoms with van der Waals surface area (Å²) in [5.41, 5.74) is 5.11. The summed E-state index contributed by atoms with van der Waals surface area (Å²) in [6.45, 7) is 11.0. The topological polar surface area (TPSA) is 24.9 Å². The normalized spacial score (nSPS) is 17.8. The molecule has 2 aliphatic rings. The number of ether oxygens (including phenoxy) is 2. The van der Waals surface area contributed by atoms with Crippen molar-refractivity contribution in [1.29, 1.82) is 0 Å². The maximum Gasteiger partial charge on any atom is 0.142 e. The Hall–Kier alpha value is -2.04. The van der Waals surface area contributed by atoms with Crippen LogP contribution >= 0.6 is 0 Å². The quantitative estimate of drug-likeness (QED) is 0.835. The molecule has 4 heteroatoms. The first-order valence-electron chi connectivity index (χ1n) is 9.40. The van der Waals surface area contributed by atoms with E-state index in [4.69, 9.17) is 9.47 Å². The molecule has 0 radical (unpaired) electrons. The number of hydrogen-bond donors (Lipinski definition) is 0. The number of benzene rings is 2. The van der Waals surface area contributed by atoms with Gasteiger partial charge in [0.2, 0.25) is 0 Å². The third-order valence-corrected chi connectivity index (χ3v) is 5.69. The molecule has 26 heavy (non-hydrogen) atoms. The van der Waals surface area contributed by atoms with Crippen LogP contribution in [0.1, 0.15) is 43.0 Å². The molecule has 0 saturated heterocycles. The van der Waals surface area contributed by atoms with Crippen LogP contribution in [0.3, 0.4) is 0 Å². The second-order valence-corrected chi connectivity index (χ2v) is 7.98. The molecule has 0 N–H and O–H groups in total. The van der Waals surface area contributed by atoms with Gasteiger partial charge in [-0.15, -0.1) is 0 Å². The van der Waals surface area contributed by atoms with E-state index in [0.717, 1.165) is 31.1 Å². The lowest BCUT2D eigenvalue weighted by Crippen LogP contribution is -2.32. The van der Waals surface area contributed by atoms with Crippen LogP contribution in [0.4, 0.5) is 0 Å². The third-order valence-electron chi connectivity index (χ3n) is 5.69. The van der Waals surface area contributed by atoms with Gasteiger partial charge in [-0.05, 0) is 49.0 Å². The summed E-state index contributed by atoms with van der Waals surface area (Å²) >= 11 is 0. The van der Waals surface area contributed by atoms with Crippen molar-refractivity contribution >= 4 is 0 Å². The highest BCUT2D eigenvalue weighted by Crippen LogP contribution is 2.37. The average Bonchev–Trinajstić information content (AvgIpc) is 2.66. The second kappa shape index (κ2) is 6.60. The molecule has 0 unspecified atom stereocenters. The molecule has 0 amide bonds. The largest absolute Gasteiger partial charge is 0.478 e. The summed E-state index contributed by atoms with van der Waals surface area (Å²) < 4.78 is 11.7. The molecule has 2 heterocycles. The van der Waals surface area contributed by atoms with Crippen LogP contribution in [0.15, 0.2) is 36.4 Å². The zero-order valence-corrected chi connectivity index (χ0v) is 16.2. The Morgan fingerprint density at radius 3 is 2.08 bits per heavy atom. The van der Waals surface area contributed by atoms with Crippen LogP contribution < -0.4 is 9.47 Å². The highest BCUT2D eigenvalue weighted by atomic mass is 16.5. The first-order chi connectivity index (χ1) is 12.5. The van der Waals surface area contributed by atoms with Gasteiger partial charge >= 0.3 is 0 Å². The summed E-state index contributed by atoms with van der Waals surface area (Å²) in [6, 6.07) is 13.3. The predicted molar refractivity (Wildman–Crippen MR) is 104 cm³/mol. The SMILES string of the molecule is CCN1COc2ccc(C(C)(C)c3ccc4c(c3)CN(C)CO4)cc2C1. The predicted octanol–water partition coefficient (Wildman–Crippen LogP) is 3.97. The molecular weight excluding hydrogens is 324 g/mol. The van der Waals surface area contributed by atoms with Crippen LogP contribution in [-0.4, -0.2) is 36.9 Å². The van der Waals surface area contributed by atoms with Gasteiger partial charge in [0, 0.05) is 29.6 Å². The minimum atomic E-state index is -0.0748. The van der Waals surface area contributed by atoms with E-state index < -0.39 is 0 Å². The number of hydrogen-bond acceptors (Lipinski definition) is 4. The maximum atomic E-state index is 5.89. The standard InChI is InChI=1S/C22H28N2O2/c1-5-24-13-17-11-19(7-9-21(17)26-15-24)22(2,3)18-6-8-20-16(10-18)12-23(4)14-25-20/h6-11H,5,12-15H2,1-4H3. The Morgan fingerprint density at radius 1 is 0.885 bits per heavy atom. The third kappa shape index (κ3) is 3.08. The smallest absolute Gasteiger partial charge is 0.142 e. The van der Waals surface area contributed by atoms with Crippen molar-refractivity contribution in [3.8, 4) is 11.5 Å². The summed E-state index contributed by atoms with van der Waals surface area (Å²) in [5.74, 6) is 2.04. The lowest BCUT2D eigenvalue weighted by Gasteiger charge is -2.32. The van der Waals surface area contributed by atoms with E-state index in [-0.39, 0.29) is 5.41 Å². The fourth-order valence-corrected chi connectivity index (χ4v) is 3.80. The van der Waals surface area contributed by atoms with Gasteiger partial charge < -0.3 is 9.47 Å². The van der Waals surface area contributed by atoms with Crippen molar-refractivity contribution in [3.63, 3.8) is 0 Å². The van der Waals surface area contributed by atoms with Crippen molar-refractivity contribution < 1.29 is 9.47 Å². The Labute approximate surface area is 156 Å². The van der Waals surface area contributed by atoms with Gasteiger partial charge in [-0.25, -0.2) is 0 Å². The number of rotatable bonds is 3. The molecule has 0 atom stereocenters. The van der Waals surface area contributed by atoms with Crippen LogP contribution in [0, 0.1) is 0 Å². The Kier molecular flexibility index (Phi) is 4.41. The molecule has 0 bridgehead atoms. The second-order valence-electron chi connectivity index (χ2n) is 7.98. The number of nitrogens with zero attached hydrogens (tertiary/aromatic N) is 2. The fourth-order valence-electron chi connectivity index (χ4n) is 3.80. The molecule has 4 rings (SSSR count). The molecule has 0 fully saturated rings. The molecule has 4 nitrogen and oxygen atoms in total. The van der Waals surface area contributed by atoms with E-state index >= 15 is 0 Å². The monoisotopic (exact) mass is 352 g/mol. The molecule has 2 aliphatic heterocycles. The molecule has 2 aromatic carbocycles. The average molecular weight is 352 g/mol. The van der Waals surface area contributed by atoms with Crippen molar-refractivity contribution in [1.82, 2.24) is 9.80 Å². The molecule has 2 aromatic rings. The van der Waals surface area contributed by atoms with Crippen LogP contribution in [0.25, 0.3) is 0 Å². The van der Waals surface area contributed by atoms with Gasteiger partial charge in [-0.1, -0.05) is 32.9 Å². The summed E-state index contributed by atoms with van der Waals surface area (Å²) in [6.07, 6.45) is 0. The molecule has 0 aromatic heterocycles. The summed E-state index contributed by atoms with van der Waals surface area (Å²) in [7, 11) is 2.09. The van der Waals surface area contributed by atoms with Crippen LogP contribution in [0.2, 0.25) is 0 Å². The van der Waals surface area contributed by atoms with Gasteiger partial charge in [0.15, 0.2) is 0 Å². The first-order valence-corrected chi connectivity index (χ1v) is 9.40. The van der Waals surface area contributed by atoms with E-state index in [9.17, 15) is 0 Å². The van der Waals surface area contributed by atoms with Gasteiger partial charge in [-0.3, -0.25) is 9.80 Å². The van der Waals surface area contributed by atoms with Gasteiger partial charge in [0.1, 0.15) is 25.0 Å². The fraction of sp³-hybridized carbons (Fsp3) is 0.455. The maximum absolute atomic E-state index is 5.89. The van der Waals surface area contributed by atoms with Gasteiger partial charge in [-0.2, -0.15) is 0 Å². The van der Waals surface area contributed by atoms with E-state index in [1.807, 2.05) is 0 Å². The van der Waals surface area contributed by atoms with Crippen molar-refractivity contribution in [2.45, 2.75) is 39.3 Å². The van der Waals surface area contributed by atoms with Crippen LogP contribution in [0.5, 0.6) is 11.5 Å². The molecule has 0 saturated carbocycles. The minimum Gasteiger partial charge on any atom is -0.478 e. The van der Waals surface area contributed by atoms with Crippen LogP contribution in [-0.2, 0) is 18.5 Å². The molecular formula is C22H28N2O2. The Bertz CT molecular complexity index is 816. The minimum absolute atomic E-state index is 0.0748. The molecule has 138 valence electrons. The lowest BCUT2D eigenvalue weighted by molar-refractivity contribution is 0.101. The van der Waals surface area contributed by atoms with Crippen molar-refractivity contribution in [3.05, 3.63) is 58.7 Å². The molecule has 0 aliphatic carbocycles. The van der Waals surface area contributed by atoms with E-state index in [0.29, 0.717) is 13.5 Å². The Balaban J connectivity index is 1.68. The summed E-state index contributed by atoms with van der Waals surface area (Å²) in [5, 5.41) is 0. The molecule has 0 spiro atoms.